The summed E-state index contributed by atoms with van der Waals surface area (Å²) in [6.07, 6.45) is 0.715. The van der Waals surface area contributed by atoms with E-state index >= 15 is 0 Å². The van der Waals surface area contributed by atoms with Gasteiger partial charge in [-0.2, -0.15) is 0 Å². The maximum absolute atomic E-state index is 13.2. The van der Waals surface area contributed by atoms with Crippen molar-refractivity contribution in [3.05, 3.63) is 48.6 Å². The zero-order valence-corrected chi connectivity index (χ0v) is 20.8. The van der Waals surface area contributed by atoms with Gasteiger partial charge in [0.25, 0.3) is 0 Å². The minimum atomic E-state index is -1.06. The van der Waals surface area contributed by atoms with Crippen molar-refractivity contribution in [3.63, 3.8) is 0 Å². The zero-order chi connectivity index (χ0) is 25.3. The number of carbonyl (C=O) groups is 4. The van der Waals surface area contributed by atoms with Crippen molar-refractivity contribution in [1.82, 2.24) is 15.5 Å². The van der Waals surface area contributed by atoms with Crippen molar-refractivity contribution in [2.45, 2.75) is 68.5 Å². The summed E-state index contributed by atoms with van der Waals surface area (Å²) >= 11 is 1.42. The van der Waals surface area contributed by atoms with Crippen LogP contribution >= 0.6 is 11.8 Å². The van der Waals surface area contributed by atoms with Crippen LogP contribution in [0, 0.1) is 0 Å². The Morgan fingerprint density at radius 1 is 1.24 bits per heavy atom. The first kappa shape index (κ1) is 25.6. The van der Waals surface area contributed by atoms with Gasteiger partial charge < -0.3 is 25.0 Å². The van der Waals surface area contributed by atoms with E-state index < -0.39 is 51.8 Å². The molecule has 0 saturated carbocycles. The second-order valence-electron chi connectivity index (χ2n) is 9.65. The number of ether oxygens (including phenoxy) is 2. The molecule has 0 unspecified atom stereocenters. The fourth-order valence-corrected chi connectivity index (χ4v) is 5.57. The van der Waals surface area contributed by atoms with Crippen LogP contribution in [0.2, 0.25) is 0 Å². The van der Waals surface area contributed by atoms with E-state index in [1.54, 1.807) is 51.1 Å². The highest BCUT2D eigenvalue weighted by molar-refractivity contribution is 8.01. The molecule has 10 heteroatoms. The molecule has 0 spiro atoms. The topological polar surface area (TPSA) is 114 Å². The van der Waals surface area contributed by atoms with Gasteiger partial charge in [-0.1, -0.05) is 43.0 Å². The third-order valence-corrected chi connectivity index (χ3v) is 6.93. The predicted octanol–water partition coefficient (Wildman–Crippen LogP) is 2.53. The SMILES string of the molecule is C=CCOC(=O)[C@@H]1N2C(=O)[C@@H](NC(=O)[C@H](NC(=O)OC(C)(C)C)c3ccccc3)[C@H]2SC1(C)C. The number of hydrogen-bond donors (Lipinski definition) is 2. The Labute approximate surface area is 203 Å². The number of rotatable bonds is 7. The third-order valence-electron chi connectivity index (χ3n) is 5.36. The maximum Gasteiger partial charge on any atom is 0.408 e. The van der Waals surface area contributed by atoms with Crippen molar-refractivity contribution < 1.29 is 28.7 Å². The Morgan fingerprint density at radius 3 is 2.47 bits per heavy atom. The molecule has 2 aliphatic rings. The number of nitrogens with zero attached hydrogens (tertiary/aromatic N) is 1. The average Bonchev–Trinajstić information content (AvgIpc) is 3.01. The number of alkyl carbamates (subject to hydrolysis) is 1. The number of β-lactam (4-membered cyclic amide) rings is 1. The van der Waals surface area contributed by atoms with Crippen LogP contribution < -0.4 is 10.6 Å². The highest BCUT2D eigenvalue weighted by atomic mass is 32.2. The normalized spacial score (nSPS) is 23.7. The average molecular weight is 490 g/mol. The number of thioether (sulfide) groups is 1. The van der Waals surface area contributed by atoms with Gasteiger partial charge in [-0.3, -0.25) is 9.59 Å². The van der Waals surface area contributed by atoms with Crippen molar-refractivity contribution in [2.75, 3.05) is 6.61 Å². The van der Waals surface area contributed by atoms with Gasteiger partial charge in [0.2, 0.25) is 11.8 Å². The second kappa shape index (κ2) is 9.69. The van der Waals surface area contributed by atoms with Crippen LogP contribution in [0.1, 0.15) is 46.2 Å². The summed E-state index contributed by atoms with van der Waals surface area (Å²) in [7, 11) is 0. The van der Waals surface area contributed by atoms with Crippen molar-refractivity contribution >= 4 is 35.6 Å². The first-order valence-electron chi connectivity index (χ1n) is 11.0. The molecule has 2 N–H and O–H groups in total. The molecule has 0 bridgehead atoms. The first-order valence-corrected chi connectivity index (χ1v) is 11.9. The van der Waals surface area contributed by atoms with Crippen LogP contribution in [0.4, 0.5) is 4.79 Å². The van der Waals surface area contributed by atoms with Crippen LogP contribution in [-0.4, -0.2) is 63.2 Å². The zero-order valence-electron chi connectivity index (χ0n) is 20.0. The number of amides is 3. The summed E-state index contributed by atoms with van der Waals surface area (Å²) in [6.45, 7) is 12.5. The van der Waals surface area contributed by atoms with Gasteiger partial charge in [0.05, 0.1) is 0 Å². The summed E-state index contributed by atoms with van der Waals surface area (Å²) in [6, 6.07) is 6.03. The number of hydrogen-bond acceptors (Lipinski definition) is 7. The smallest absolute Gasteiger partial charge is 0.408 e. The molecular formula is C24H31N3O6S. The minimum Gasteiger partial charge on any atom is -0.460 e. The number of nitrogens with one attached hydrogen (secondary N) is 2. The standard InChI is InChI=1S/C24H31N3O6S/c1-7-13-32-21(30)17-24(5,6)34-20-16(19(29)27(17)20)25-18(28)15(14-11-9-8-10-12-14)26-22(31)33-23(2,3)4/h7-12,15-17,20H,1,13H2,2-6H3,(H,25,28)(H,26,31)/t15-,16-,17+,20-/m1/s1. The number of fused-ring (bicyclic) bond motifs is 1. The van der Waals surface area contributed by atoms with Gasteiger partial charge in [0, 0.05) is 4.75 Å². The molecule has 3 rings (SSSR count). The van der Waals surface area contributed by atoms with Gasteiger partial charge in [-0.25, -0.2) is 9.59 Å². The van der Waals surface area contributed by atoms with Gasteiger partial charge >= 0.3 is 12.1 Å². The van der Waals surface area contributed by atoms with Gasteiger partial charge in [0.1, 0.15) is 35.7 Å². The molecule has 1 aromatic carbocycles. The highest BCUT2D eigenvalue weighted by Crippen LogP contribution is 2.51. The van der Waals surface area contributed by atoms with Gasteiger partial charge in [-0.05, 0) is 40.2 Å². The lowest BCUT2D eigenvalue weighted by atomic mass is 9.95. The molecule has 34 heavy (non-hydrogen) atoms. The summed E-state index contributed by atoms with van der Waals surface area (Å²) < 4.78 is 9.90. The van der Waals surface area contributed by atoms with E-state index in [2.05, 4.69) is 17.2 Å². The molecule has 0 aliphatic carbocycles. The fraction of sp³-hybridized carbons (Fsp3) is 0.500. The lowest BCUT2D eigenvalue weighted by molar-refractivity contribution is -0.163. The molecule has 0 radical (unpaired) electrons. The molecule has 2 saturated heterocycles. The van der Waals surface area contributed by atoms with Crippen LogP contribution in [0.5, 0.6) is 0 Å². The molecule has 4 atom stereocenters. The highest BCUT2D eigenvalue weighted by Gasteiger charge is 2.64. The van der Waals surface area contributed by atoms with Crippen molar-refractivity contribution in [2.24, 2.45) is 0 Å². The molecule has 1 aromatic rings. The number of carbonyl (C=O) groups excluding carboxylic acids is 4. The number of esters is 1. The molecule has 3 amide bonds. The van der Waals surface area contributed by atoms with Gasteiger partial charge in [-0.15, -0.1) is 11.8 Å². The quantitative estimate of drug-likeness (QED) is 0.344. The summed E-state index contributed by atoms with van der Waals surface area (Å²) in [5.74, 6) is -1.43. The monoisotopic (exact) mass is 489 g/mol. The van der Waals surface area contributed by atoms with Crippen LogP contribution in [0.25, 0.3) is 0 Å². The first-order chi connectivity index (χ1) is 15.9. The van der Waals surface area contributed by atoms with Gasteiger partial charge in [0.15, 0.2) is 0 Å². The lowest BCUT2D eigenvalue weighted by Crippen LogP contribution is -2.71. The Kier molecular flexibility index (Phi) is 7.30. The third kappa shape index (κ3) is 5.38. The number of benzene rings is 1. The van der Waals surface area contributed by atoms with E-state index in [0.717, 1.165) is 0 Å². The maximum atomic E-state index is 13.2. The molecule has 9 nitrogen and oxygen atoms in total. The summed E-state index contributed by atoms with van der Waals surface area (Å²) in [5, 5.41) is 4.93. The largest absolute Gasteiger partial charge is 0.460 e. The minimum absolute atomic E-state index is 0.0536. The van der Waals surface area contributed by atoms with Crippen LogP contribution in [0.3, 0.4) is 0 Å². The Balaban J connectivity index is 1.75. The Bertz CT molecular complexity index is 975. The summed E-state index contributed by atoms with van der Waals surface area (Å²) in [5.41, 5.74) is -0.201. The van der Waals surface area contributed by atoms with Crippen molar-refractivity contribution in [3.8, 4) is 0 Å². The van der Waals surface area contributed by atoms with Crippen LogP contribution in [-0.2, 0) is 23.9 Å². The van der Waals surface area contributed by atoms with Crippen molar-refractivity contribution in [1.29, 1.82) is 0 Å². The summed E-state index contributed by atoms with van der Waals surface area (Å²) in [4.78, 5) is 52.7. The van der Waals surface area contributed by atoms with E-state index in [1.807, 2.05) is 13.8 Å². The Hall–Kier alpha value is -3.01. The van der Waals surface area contributed by atoms with E-state index in [9.17, 15) is 19.2 Å². The van der Waals surface area contributed by atoms with E-state index in [1.165, 1.54) is 22.7 Å². The molecule has 184 valence electrons. The second-order valence-corrected chi connectivity index (χ2v) is 11.4. The van der Waals surface area contributed by atoms with E-state index in [4.69, 9.17) is 9.47 Å². The lowest BCUT2D eigenvalue weighted by Gasteiger charge is -2.44. The molecule has 2 aliphatic heterocycles. The van der Waals surface area contributed by atoms with E-state index in [0.29, 0.717) is 5.56 Å². The molecule has 2 heterocycles. The fourth-order valence-electron chi connectivity index (χ4n) is 3.95. The molecular weight excluding hydrogens is 458 g/mol. The predicted molar refractivity (Wildman–Crippen MR) is 128 cm³/mol. The van der Waals surface area contributed by atoms with Crippen LogP contribution in [0.15, 0.2) is 43.0 Å². The Morgan fingerprint density at radius 2 is 1.88 bits per heavy atom. The molecule has 2 fully saturated rings. The molecule has 0 aromatic heterocycles. The van der Waals surface area contributed by atoms with E-state index in [-0.39, 0.29) is 12.5 Å².